The molecule has 3 heteroatoms. The average molecular weight is 206 g/mol. The Morgan fingerprint density at radius 1 is 1.27 bits per heavy atom. The van der Waals surface area contributed by atoms with Gasteiger partial charge in [0.25, 0.3) is 0 Å². The maximum Gasteiger partial charge on any atom is 0.314 e. The summed E-state index contributed by atoms with van der Waals surface area (Å²) in [6, 6.07) is 9.19. The molecule has 0 saturated carbocycles. The van der Waals surface area contributed by atoms with E-state index >= 15 is 0 Å². The number of carbonyl (C=O) groups is 2. The summed E-state index contributed by atoms with van der Waals surface area (Å²) in [4.78, 5) is 22.3. The van der Waals surface area contributed by atoms with Crippen LogP contribution < -0.4 is 0 Å². The first-order valence-electron chi connectivity index (χ1n) is 4.94. The van der Waals surface area contributed by atoms with Gasteiger partial charge in [-0.3, -0.25) is 9.59 Å². The number of carboxylic acid groups (broad SMARTS) is 1. The lowest BCUT2D eigenvalue weighted by molar-refractivity contribution is -0.146. The molecule has 0 saturated heterocycles. The van der Waals surface area contributed by atoms with Crippen LogP contribution in [-0.2, 0) is 16.0 Å². The third-order valence-electron chi connectivity index (χ3n) is 2.32. The molecule has 1 aromatic carbocycles. The highest BCUT2D eigenvalue weighted by Gasteiger charge is 2.23. The van der Waals surface area contributed by atoms with Crippen LogP contribution in [0.15, 0.2) is 30.3 Å². The second-order valence-corrected chi connectivity index (χ2v) is 3.43. The van der Waals surface area contributed by atoms with Gasteiger partial charge < -0.3 is 5.11 Å². The van der Waals surface area contributed by atoms with E-state index < -0.39 is 11.9 Å². The summed E-state index contributed by atoms with van der Waals surface area (Å²) in [5.41, 5.74) is 0.863. The van der Waals surface area contributed by atoms with E-state index in [-0.39, 0.29) is 12.2 Å². The Kier molecular flexibility index (Phi) is 4.03. The van der Waals surface area contributed by atoms with Crippen LogP contribution in [0, 0.1) is 5.92 Å². The average Bonchev–Trinajstić information content (AvgIpc) is 2.19. The quantitative estimate of drug-likeness (QED) is 0.749. The summed E-state index contributed by atoms with van der Waals surface area (Å²) in [5.74, 6) is -2.13. The zero-order chi connectivity index (χ0) is 11.3. The number of Topliss-reactive ketones (excluding diaryl/α,β-unsaturated/α-hetero) is 1. The van der Waals surface area contributed by atoms with E-state index in [2.05, 4.69) is 0 Å². The number of rotatable bonds is 5. The maximum atomic E-state index is 11.6. The third-order valence-corrected chi connectivity index (χ3v) is 2.32. The fourth-order valence-electron chi connectivity index (χ4n) is 1.46. The zero-order valence-electron chi connectivity index (χ0n) is 8.64. The van der Waals surface area contributed by atoms with E-state index in [1.165, 1.54) is 0 Å². The fourth-order valence-corrected chi connectivity index (χ4v) is 1.46. The highest BCUT2D eigenvalue weighted by atomic mass is 16.4. The van der Waals surface area contributed by atoms with Crippen LogP contribution in [0.1, 0.15) is 18.9 Å². The Labute approximate surface area is 88.7 Å². The van der Waals surface area contributed by atoms with Crippen molar-refractivity contribution in [1.29, 1.82) is 0 Å². The van der Waals surface area contributed by atoms with Gasteiger partial charge in [-0.25, -0.2) is 0 Å². The van der Waals surface area contributed by atoms with Crippen LogP contribution >= 0.6 is 0 Å². The van der Waals surface area contributed by atoms with Crippen molar-refractivity contribution in [2.75, 3.05) is 0 Å². The highest BCUT2D eigenvalue weighted by molar-refractivity contribution is 5.99. The molecular formula is C12H14O3. The minimum absolute atomic E-state index is 0.200. The molecule has 15 heavy (non-hydrogen) atoms. The summed E-state index contributed by atoms with van der Waals surface area (Å²) in [5, 5.41) is 8.80. The molecule has 0 aliphatic rings. The molecule has 0 amide bonds. The molecule has 0 aliphatic carbocycles. The number of hydrogen-bond acceptors (Lipinski definition) is 2. The Balaban J connectivity index is 2.66. The van der Waals surface area contributed by atoms with Gasteiger partial charge in [0.15, 0.2) is 5.78 Å². The van der Waals surface area contributed by atoms with Crippen molar-refractivity contribution in [2.24, 2.45) is 5.92 Å². The van der Waals surface area contributed by atoms with Gasteiger partial charge in [-0.2, -0.15) is 0 Å². The first-order valence-corrected chi connectivity index (χ1v) is 4.94. The van der Waals surface area contributed by atoms with Crippen molar-refractivity contribution in [3.63, 3.8) is 0 Å². The molecule has 0 aromatic heterocycles. The van der Waals surface area contributed by atoms with Gasteiger partial charge in [-0.05, 0) is 12.0 Å². The van der Waals surface area contributed by atoms with Gasteiger partial charge >= 0.3 is 5.97 Å². The van der Waals surface area contributed by atoms with Crippen molar-refractivity contribution in [3.05, 3.63) is 35.9 Å². The van der Waals surface area contributed by atoms with Crippen LogP contribution in [0.4, 0.5) is 0 Å². The Morgan fingerprint density at radius 2 is 1.87 bits per heavy atom. The topological polar surface area (TPSA) is 54.4 Å². The number of ketones is 1. The fraction of sp³-hybridized carbons (Fsp3) is 0.333. The zero-order valence-corrected chi connectivity index (χ0v) is 8.64. The molecule has 1 aromatic rings. The number of carbonyl (C=O) groups excluding carboxylic acids is 1. The SMILES string of the molecule is CCC(C(=O)O)C(=O)Cc1ccccc1. The van der Waals surface area contributed by atoms with Gasteiger partial charge in [0.2, 0.25) is 0 Å². The van der Waals surface area contributed by atoms with E-state index in [0.29, 0.717) is 6.42 Å². The monoisotopic (exact) mass is 206 g/mol. The lowest BCUT2D eigenvalue weighted by atomic mass is 9.96. The number of benzene rings is 1. The standard InChI is InChI=1S/C12H14O3/c1-2-10(12(14)15)11(13)8-9-6-4-3-5-7-9/h3-7,10H,2,8H2,1H3,(H,14,15). The van der Waals surface area contributed by atoms with Gasteiger partial charge in [-0.1, -0.05) is 37.3 Å². The van der Waals surface area contributed by atoms with Crippen molar-refractivity contribution in [2.45, 2.75) is 19.8 Å². The summed E-state index contributed by atoms with van der Waals surface area (Å²) in [6.45, 7) is 1.71. The van der Waals surface area contributed by atoms with Gasteiger partial charge in [0, 0.05) is 6.42 Å². The molecule has 80 valence electrons. The van der Waals surface area contributed by atoms with Crippen LogP contribution in [0.25, 0.3) is 0 Å². The molecule has 0 fully saturated rings. The Bertz CT molecular complexity index is 343. The molecule has 1 atom stereocenters. The summed E-state index contributed by atoms with van der Waals surface area (Å²) >= 11 is 0. The van der Waals surface area contributed by atoms with Crippen molar-refractivity contribution in [3.8, 4) is 0 Å². The molecule has 1 unspecified atom stereocenters. The summed E-state index contributed by atoms with van der Waals surface area (Å²) in [6.07, 6.45) is 0.548. The largest absolute Gasteiger partial charge is 0.481 e. The molecule has 1 N–H and O–H groups in total. The van der Waals surface area contributed by atoms with Crippen LogP contribution in [-0.4, -0.2) is 16.9 Å². The van der Waals surface area contributed by atoms with Crippen molar-refractivity contribution in [1.82, 2.24) is 0 Å². The Hall–Kier alpha value is -1.64. The third kappa shape index (κ3) is 3.20. The lowest BCUT2D eigenvalue weighted by Crippen LogP contribution is -2.24. The van der Waals surface area contributed by atoms with E-state index in [0.717, 1.165) is 5.56 Å². The molecule has 0 aliphatic heterocycles. The maximum absolute atomic E-state index is 11.6. The van der Waals surface area contributed by atoms with E-state index in [1.807, 2.05) is 30.3 Å². The van der Waals surface area contributed by atoms with Gasteiger partial charge in [-0.15, -0.1) is 0 Å². The molecule has 0 radical (unpaired) electrons. The normalized spacial score (nSPS) is 12.1. The molecule has 1 rings (SSSR count). The predicted molar refractivity (Wildman–Crippen MR) is 56.6 cm³/mol. The molecule has 0 heterocycles. The molecule has 0 bridgehead atoms. The van der Waals surface area contributed by atoms with Crippen LogP contribution in [0.3, 0.4) is 0 Å². The van der Waals surface area contributed by atoms with Crippen molar-refractivity contribution >= 4 is 11.8 Å². The van der Waals surface area contributed by atoms with E-state index in [4.69, 9.17) is 5.11 Å². The van der Waals surface area contributed by atoms with Gasteiger partial charge in [0.1, 0.15) is 5.92 Å². The van der Waals surface area contributed by atoms with Crippen molar-refractivity contribution < 1.29 is 14.7 Å². The van der Waals surface area contributed by atoms with Gasteiger partial charge in [0.05, 0.1) is 0 Å². The minimum Gasteiger partial charge on any atom is -0.481 e. The first kappa shape index (κ1) is 11.4. The number of carboxylic acids is 1. The number of aliphatic carboxylic acids is 1. The summed E-state index contributed by atoms with van der Waals surface area (Å²) in [7, 11) is 0. The molecule has 0 spiro atoms. The highest BCUT2D eigenvalue weighted by Crippen LogP contribution is 2.09. The first-order chi connectivity index (χ1) is 7.15. The smallest absolute Gasteiger partial charge is 0.314 e. The lowest BCUT2D eigenvalue weighted by Gasteiger charge is -2.08. The Morgan fingerprint density at radius 3 is 2.33 bits per heavy atom. The minimum atomic E-state index is -1.03. The van der Waals surface area contributed by atoms with E-state index in [9.17, 15) is 9.59 Å². The second kappa shape index (κ2) is 5.29. The second-order valence-electron chi connectivity index (χ2n) is 3.43. The van der Waals surface area contributed by atoms with Crippen LogP contribution in [0.2, 0.25) is 0 Å². The van der Waals surface area contributed by atoms with Crippen LogP contribution in [0.5, 0.6) is 0 Å². The molecule has 3 nitrogen and oxygen atoms in total. The number of hydrogen-bond donors (Lipinski definition) is 1. The predicted octanol–water partition coefficient (Wildman–Crippen LogP) is 1.91. The molecular weight excluding hydrogens is 192 g/mol. The van der Waals surface area contributed by atoms with E-state index in [1.54, 1.807) is 6.92 Å². The summed E-state index contributed by atoms with van der Waals surface area (Å²) < 4.78 is 0.